The molecule has 1 saturated carbocycles. The molecule has 2 atom stereocenters. The van der Waals surface area contributed by atoms with Crippen LogP contribution in [0.4, 0.5) is 0 Å². The van der Waals surface area contributed by atoms with Crippen molar-refractivity contribution in [3.8, 4) is 0 Å². The zero-order valence-corrected chi connectivity index (χ0v) is 18.3. The minimum absolute atomic E-state index is 0.0724. The molecule has 0 N–H and O–H groups in total. The smallest absolute Gasteiger partial charge is 0.308 e. The summed E-state index contributed by atoms with van der Waals surface area (Å²) in [5.41, 5.74) is 0. The minimum atomic E-state index is -3.65. The number of sulfone groups is 1. The van der Waals surface area contributed by atoms with Gasteiger partial charge in [-0.2, -0.15) is 4.31 Å². The van der Waals surface area contributed by atoms with E-state index in [-0.39, 0.29) is 28.8 Å². The zero-order valence-electron chi connectivity index (χ0n) is 16.6. The van der Waals surface area contributed by atoms with E-state index in [1.54, 1.807) is 20.8 Å². The SMILES string of the molecule is CCOC(=O)C1CCCC(S(=O)(=O)c2ccc(S(=O)(=O)N(CC)CC)cc2)C1. The number of nitrogens with zero attached hydrogens (tertiary/aromatic N) is 1. The standard InChI is InChI=1S/C19H29NO6S2/c1-4-20(5-2)28(24,25)17-12-10-16(11-13-17)27(22,23)18-9-7-8-15(14-18)19(21)26-6-3/h10-13,15,18H,4-9,14H2,1-3H3. The Labute approximate surface area is 168 Å². The first-order valence-corrected chi connectivity index (χ1v) is 12.7. The van der Waals surface area contributed by atoms with Crippen molar-refractivity contribution in [1.82, 2.24) is 4.31 Å². The molecule has 0 heterocycles. The molecule has 9 heteroatoms. The van der Waals surface area contributed by atoms with E-state index in [2.05, 4.69) is 0 Å². The van der Waals surface area contributed by atoms with Crippen LogP contribution in [0.2, 0.25) is 0 Å². The number of rotatable bonds is 8. The number of carbonyl (C=O) groups is 1. The molecule has 2 rings (SSSR count). The highest BCUT2D eigenvalue weighted by Crippen LogP contribution is 2.33. The summed E-state index contributed by atoms with van der Waals surface area (Å²) in [6.45, 7) is 6.19. The number of carbonyl (C=O) groups excluding carboxylic acids is 1. The molecule has 0 aromatic heterocycles. The lowest BCUT2D eigenvalue weighted by Crippen LogP contribution is -2.32. The summed E-state index contributed by atoms with van der Waals surface area (Å²) < 4.78 is 57.5. The Morgan fingerprint density at radius 3 is 2.11 bits per heavy atom. The summed E-state index contributed by atoms with van der Waals surface area (Å²) >= 11 is 0. The number of esters is 1. The Morgan fingerprint density at radius 2 is 1.57 bits per heavy atom. The van der Waals surface area contributed by atoms with Crippen molar-refractivity contribution in [2.24, 2.45) is 5.92 Å². The van der Waals surface area contributed by atoms with Crippen molar-refractivity contribution in [3.05, 3.63) is 24.3 Å². The average molecular weight is 432 g/mol. The van der Waals surface area contributed by atoms with Crippen molar-refractivity contribution in [3.63, 3.8) is 0 Å². The number of hydrogen-bond acceptors (Lipinski definition) is 6. The highest BCUT2D eigenvalue weighted by atomic mass is 32.2. The summed E-state index contributed by atoms with van der Waals surface area (Å²) in [5, 5.41) is -0.666. The van der Waals surface area contributed by atoms with E-state index < -0.39 is 31.0 Å². The molecule has 1 fully saturated rings. The summed E-state index contributed by atoms with van der Waals surface area (Å²) in [7, 11) is -7.29. The summed E-state index contributed by atoms with van der Waals surface area (Å²) in [6.07, 6.45) is 1.99. The third kappa shape index (κ3) is 4.75. The van der Waals surface area contributed by atoms with Gasteiger partial charge in [0.25, 0.3) is 0 Å². The summed E-state index contributed by atoms with van der Waals surface area (Å²) in [4.78, 5) is 12.2. The molecular formula is C19H29NO6S2. The van der Waals surface area contributed by atoms with Crippen LogP contribution >= 0.6 is 0 Å². The van der Waals surface area contributed by atoms with E-state index in [0.717, 1.165) is 0 Å². The van der Waals surface area contributed by atoms with Crippen LogP contribution in [-0.2, 0) is 29.4 Å². The van der Waals surface area contributed by atoms with Gasteiger partial charge < -0.3 is 4.74 Å². The van der Waals surface area contributed by atoms with Gasteiger partial charge in [-0.05, 0) is 50.5 Å². The molecular weight excluding hydrogens is 402 g/mol. The first-order valence-electron chi connectivity index (χ1n) is 9.69. The van der Waals surface area contributed by atoms with E-state index in [9.17, 15) is 21.6 Å². The van der Waals surface area contributed by atoms with Crippen LogP contribution in [0.5, 0.6) is 0 Å². The molecule has 1 aromatic rings. The first-order chi connectivity index (χ1) is 13.2. The molecule has 7 nitrogen and oxygen atoms in total. The van der Waals surface area contributed by atoms with Gasteiger partial charge in [-0.1, -0.05) is 20.3 Å². The van der Waals surface area contributed by atoms with Crippen molar-refractivity contribution >= 4 is 25.8 Å². The van der Waals surface area contributed by atoms with Gasteiger partial charge in [0, 0.05) is 13.1 Å². The number of hydrogen-bond donors (Lipinski definition) is 0. The van der Waals surface area contributed by atoms with E-state index in [1.165, 1.54) is 28.6 Å². The Kier molecular flexibility index (Phi) is 7.64. The monoisotopic (exact) mass is 431 g/mol. The maximum Gasteiger partial charge on any atom is 0.308 e. The largest absolute Gasteiger partial charge is 0.466 e. The van der Waals surface area contributed by atoms with Crippen LogP contribution < -0.4 is 0 Å². The minimum Gasteiger partial charge on any atom is -0.466 e. The van der Waals surface area contributed by atoms with Crippen molar-refractivity contribution < 1.29 is 26.4 Å². The molecule has 28 heavy (non-hydrogen) atoms. The summed E-state index contributed by atoms with van der Waals surface area (Å²) in [6, 6.07) is 5.37. The lowest BCUT2D eigenvalue weighted by atomic mass is 9.89. The number of benzene rings is 1. The fourth-order valence-corrected chi connectivity index (χ4v) is 6.93. The van der Waals surface area contributed by atoms with Crippen LogP contribution in [0.1, 0.15) is 46.5 Å². The maximum atomic E-state index is 13.0. The molecule has 0 amide bonds. The second-order valence-corrected chi connectivity index (χ2v) is 11.0. The molecule has 0 saturated heterocycles. The molecule has 158 valence electrons. The predicted molar refractivity (Wildman–Crippen MR) is 106 cm³/mol. The first kappa shape index (κ1) is 22.8. The van der Waals surface area contributed by atoms with E-state index in [4.69, 9.17) is 4.74 Å². The fraction of sp³-hybridized carbons (Fsp3) is 0.632. The average Bonchev–Trinajstić information content (AvgIpc) is 2.69. The fourth-order valence-electron chi connectivity index (χ4n) is 3.61. The Balaban J connectivity index is 2.23. The Morgan fingerprint density at radius 1 is 1.00 bits per heavy atom. The van der Waals surface area contributed by atoms with Gasteiger partial charge in [0.15, 0.2) is 9.84 Å². The highest BCUT2D eigenvalue weighted by Gasteiger charge is 2.36. The van der Waals surface area contributed by atoms with Gasteiger partial charge in [-0.3, -0.25) is 4.79 Å². The van der Waals surface area contributed by atoms with Gasteiger partial charge in [0.05, 0.1) is 27.6 Å². The zero-order chi connectivity index (χ0) is 20.9. The molecule has 0 aliphatic heterocycles. The quantitative estimate of drug-likeness (QED) is 0.587. The molecule has 1 aliphatic carbocycles. The third-order valence-corrected chi connectivity index (χ3v) is 9.48. The molecule has 1 aromatic carbocycles. The van der Waals surface area contributed by atoms with Crippen LogP contribution in [0.15, 0.2) is 34.1 Å². The Hall–Kier alpha value is -1.45. The van der Waals surface area contributed by atoms with Crippen LogP contribution in [0.25, 0.3) is 0 Å². The second-order valence-electron chi connectivity index (χ2n) is 6.84. The van der Waals surface area contributed by atoms with E-state index in [0.29, 0.717) is 32.4 Å². The number of ether oxygens (including phenoxy) is 1. The topological polar surface area (TPSA) is 97.8 Å². The van der Waals surface area contributed by atoms with E-state index in [1.807, 2.05) is 0 Å². The van der Waals surface area contributed by atoms with E-state index >= 15 is 0 Å². The van der Waals surface area contributed by atoms with Gasteiger partial charge >= 0.3 is 5.97 Å². The van der Waals surface area contributed by atoms with Crippen molar-refractivity contribution in [2.45, 2.75) is 61.5 Å². The molecule has 2 unspecified atom stereocenters. The lowest BCUT2D eigenvalue weighted by Gasteiger charge is -2.27. The van der Waals surface area contributed by atoms with Gasteiger partial charge in [-0.15, -0.1) is 0 Å². The lowest BCUT2D eigenvalue weighted by molar-refractivity contribution is -0.149. The maximum absolute atomic E-state index is 13.0. The summed E-state index contributed by atoms with van der Waals surface area (Å²) in [5.74, 6) is -0.751. The number of sulfonamides is 1. The second kappa shape index (κ2) is 9.37. The van der Waals surface area contributed by atoms with Crippen LogP contribution in [0.3, 0.4) is 0 Å². The molecule has 0 radical (unpaired) electrons. The molecule has 1 aliphatic rings. The highest BCUT2D eigenvalue weighted by molar-refractivity contribution is 7.92. The predicted octanol–water partition coefficient (Wildman–Crippen LogP) is 2.61. The van der Waals surface area contributed by atoms with Crippen molar-refractivity contribution in [1.29, 1.82) is 0 Å². The van der Waals surface area contributed by atoms with Gasteiger partial charge in [0.2, 0.25) is 10.0 Å². The Bertz CT molecular complexity index is 874. The van der Waals surface area contributed by atoms with Gasteiger partial charge in [-0.25, -0.2) is 16.8 Å². The van der Waals surface area contributed by atoms with Crippen LogP contribution in [0, 0.1) is 5.92 Å². The molecule has 0 bridgehead atoms. The molecule has 0 spiro atoms. The normalized spacial score (nSPS) is 20.9. The van der Waals surface area contributed by atoms with Gasteiger partial charge in [0.1, 0.15) is 0 Å². The van der Waals surface area contributed by atoms with Crippen molar-refractivity contribution in [2.75, 3.05) is 19.7 Å². The van der Waals surface area contributed by atoms with Crippen LogP contribution in [-0.4, -0.2) is 52.1 Å². The third-order valence-electron chi connectivity index (χ3n) is 5.18.